The maximum absolute atomic E-state index is 13.8. The summed E-state index contributed by atoms with van der Waals surface area (Å²) in [7, 11) is 0. The van der Waals surface area contributed by atoms with Gasteiger partial charge in [-0.05, 0) is 74.2 Å². The second-order valence-corrected chi connectivity index (χ2v) is 9.31. The van der Waals surface area contributed by atoms with E-state index in [-0.39, 0.29) is 28.6 Å². The highest BCUT2D eigenvalue weighted by atomic mass is 16.5. The predicted molar refractivity (Wildman–Crippen MR) is 143 cm³/mol. The topological polar surface area (TPSA) is 110 Å². The summed E-state index contributed by atoms with van der Waals surface area (Å²) in [5.41, 5.74) is 7.81. The molecule has 7 heteroatoms. The van der Waals surface area contributed by atoms with Gasteiger partial charge in [0.2, 0.25) is 0 Å². The fraction of sp³-hybridized carbons (Fsp3) is 0.300. The number of para-hydroxylation sites is 1. The molecule has 0 aliphatic carbocycles. The van der Waals surface area contributed by atoms with Crippen LogP contribution in [0.4, 0.5) is 11.4 Å². The molecule has 3 aromatic carbocycles. The Morgan fingerprint density at radius 2 is 1.65 bits per heavy atom. The number of nitrogens with two attached hydrogens (primary N) is 1. The van der Waals surface area contributed by atoms with Crippen LogP contribution in [0.5, 0.6) is 5.75 Å². The molecule has 7 nitrogen and oxygen atoms in total. The molecule has 3 N–H and O–H groups in total. The van der Waals surface area contributed by atoms with E-state index in [1.54, 1.807) is 48.5 Å². The molecule has 1 fully saturated rings. The number of aliphatic hydroxyl groups excluding tert-OH is 1. The molecule has 3 aromatic rings. The van der Waals surface area contributed by atoms with Crippen molar-refractivity contribution in [3.8, 4) is 5.75 Å². The van der Waals surface area contributed by atoms with Crippen molar-refractivity contribution in [3.05, 3.63) is 89.0 Å². The number of aliphatic hydroxyl groups is 1. The summed E-state index contributed by atoms with van der Waals surface area (Å²) < 4.78 is 5.48. The molecule has 0 bridgehead atoms. The second-order valence-electron chi connectivity index (χ2n) is 9.31. The summed E-state index contributed by atoms with van der Waals surface area (Å²) in [5, 5.41) is 10.0. The van der Waals surface area contributed by atoms with Gasteiger partial charge in [-0.1, -0.05) is 25.1 Å². The Balaban J connectivity index is 1.71. The van der Waals surface area contributed by atoms with Crippen LogP contribution in [0, 0.1) is 0 Å². The van der Waals surface area contributed by atoms with Gasteiger partial charge in [-0.15, -0.1) is 0 Å². The maximum Gasteiger partial charge on any atom is 0.344 e. The lowest BCUT2D eigenvalue weighted by molar-refractivity contribution is 0.0730. The number of nitrogen functional groups attached to an aromatic ring is 1. The molecule has 1 aliphatic rings. The van der Waals surface area contributed by atoms with Crippen LogP contribution in [-0.2, 0) is 0 Å². The van der Waals surface area contributed by atoms with E-state index in [1.165, 1.54) is 12.1 Å². The van der Waals surface area contributed by atoms with Crippen molar-refractivity contribution in [3.63, 3.8) is 0 Å². The van der Waals surface area contributed by atoms with E-state index >= 15 is 0 Å². The average molecular weight is 501 g/mol. The van der Waals surface area contributed by atoms with Crippen LogP contribution in [0.1, 0.15) is 75.7 Å². The van der Waals surface area contributed by atoms with Gasteiger partial charge >= 0.3 is 5.97 Å². The third-order valence-electron chi connectivity index (χ3n) is 6.55. The minimum atomic E-state index is -0.706. The molecule has 4 rings (SSSR count). The number of ketones is 2. The molecular formula is C30H32N2O5. The number of anilines is 2. The first-order valence-electron chi connectivity index (χ1n) is 12.7. The Labute approximate surface area is 216 Å². The summed E-state index contributed by atoms with van der Waals surface area (Å²) in [6.45, 7) is 3.35. The molecule has 192 valence electrons. The van der Waals surface area contributed by atoms with Gasteiger partial charge in [-0.3, -0.25) is 9.59 Å². The van der Waals surface area contributed by atoms with Crippen LogP contribution in [0.2, 0.25) is 0 Å². The zero-order valence-electron chi connectivity index (χ0n) is 21.0. The number of esters is 1. The van der Waals surface area contributed by atoms with E-state index < -0.39 is 11.8 Å². The van der Waals surface area contributed by atoms with E-state index in [4.69, 9.17) is 10.5 Å². The first-order chi connectivity index (χ1) is 17.9. The van der Waals surface area contributed by atoms with Crippen molar-refractivity contribution < 1.29 is 24.2 Å². The Bertz CT molecular complexity index is 1290. The smallest absolute Gasteiger partial charge is 0.344 e. The fourth-order valence-corrected chi connectivity index (χ4v) is 4.58. The van der Waals surface area contributed by atoms with E-state index in [2.05, 4.69) is 4.90 Å². The molecule has 0 spiro atoms. The molecule has 0 radical (unpaired) electrons. The number of nitrogens with zero attached hydrogens (tertiary/aromatic N) is 1. The minimum absolute atomic E-state index is 0.0355. The lowest BCUT2D eigenvalue weighted by atomic mass is 9.91. The number of Topliss-reactive ketones (excluding diaryl/α,β-unsaturated/α-hetero) is 1. The Morgan fingerprint density at radius 1 is 0.919 bits per heavy atom. The van der Waals surface area contributed by atoms with E-state index in [0.29, 0.717) is 42.8 Å². The maximum atomic E-state index is 13.8. The van der Waals surface area contributed by atoms with Crippen LogP contribution in [0.3, 0.4) is 0 Å². The summed E-state index contributed by atoms with van der Waals surface area (Å²) in [6.07, 6.45) is 2.85. The summed E-state index contributed by atoms with van der Waals surface area (Å²) in [5.74, 6) is -0.939. The number of carbonyl (C=O) groups excluding carboxylic acids is 3. The molecule has 37 heavy (non-hydrogen) atoms. The van der Waals surface area contributed by atoms with Crippen molar-refractivity contribution in [2.75, 3.05) is 23.7 Å². The highest BCUT2D eigenvalue weighted by Crippen LogP contribution is 2.28. The zero-order valence-corrected chi connectivity index (χ0v) is 21.0. The largest absolute Gasteiger partial charge is 0.423 e. The van der Waals surface area contributed by atoms with Gasteiger partial charge in [0.25, 0.3) is 0 Å². The molecule has 1 aliphatic heterocycles. The van der Waals surface area contributed by atoms with Gasteiger partial charge < -0.3 is 20.5 Å². The monoisotopic (exact) mass is 500 g/mol. The fourth-order valence-electron chi connectivity index (χ4n) is 4.58. The van der Waals surface area contributed by atoms with E-state index in [0.717, 1.165) is 25.1 Å². The average Bonchev–Trinajstić information content (AvgIpc) is 3.13. The first kappa shape index (κ1) is 26.1. The Kier molecular flexibility index (Phi) is 8.36. The SMILES string of the molecule is CCCC(=O)c1cc(N2CCCC(O)CC2)ccc1C(=O)c1ccc(N)cc1C(=O)Oc1ccccc1. The number of benzene rings is 3. The molecule has 1 heterocycles. The minimum Gasteiger partial charge on any atom is -0.423 e. The van der Waals surface area contributed by atoms with Gasteiger partial charge in [0.15, 0.2) is 11.6 Å². The van der Waals surface area contributed by atoms with Gasteiger partial charge in [0.05, 0.1) is 11.7 Å². The number of ether oxygens (including phenoxy) is 1. The normalized spacial score (nSPS) is 15.6. The predicted octanol–water partition coefficient (Wildman–Crippen LogP) is 5.05. The van der Waals surface area contributed by atoms with Crippen LogP contribution in [0.15, 0.2) is 66.7 Å². The highest BCUT2D eigenvalue weighted by molar-refractivity contribution is 6.19. The van der Waals surface area contributed by atoms with E-state index in [1.807, 2.05) is 13.0 Å². The number of hydrogen-bond donors (Lipinski definition) is 2. The quantitative estimate of drug-likeness (QED) is 0.193. The summed E-state index contributed by atoms with van der Waals surface area (Å²) in [4.78, 5) is 42.1. The third kappa shape index (κ3) is 6.24. The Hall–Kier alpha value is -3.97. The lowest BCUT2D eigenvalue weighted by Gasteiger charge is -2.24. The number of carbonyl (C=O) groups is 3. The molecule has 1 atom stereocenters. The van der Waals surface area contributed by atoms with Crippen molar-refractivity contribution in [1.82, 2.24) is 0 Å². The first-order valence-corrected chi connectivity index (χ1v) is 12.7. The van der Waals surface area contributed by atoms with Crippen LogP contribution < -0.4 is 15.4 Å². The van der Waals surface area contributed by atoms with Gasteiger partial charge in [0, 0.05) is 47.6 Å². The zero-order chi connectivity index (χ0) is 26.4. The van der Waals surface area contributed by atoms with Crippen LogP contribution in [0.25, 0.3) is 0 Å². The molecule has 1 unspecified atom stereocenters. The van der Waals surface area contributed by atoms with Crippen LogP contribution >= 0.6 is 0 Å². The molecule has 0 amide bonds. The van der Waals surface area contributed by atoms with Gasteiger partial charge in [-0.2, -0.15) is 0 Å². The summed E-state index contributed by atoms with van der Waals surface area (Å²) >= 11 is 0. The lowest BCUT2D eigenvalue weighted by Crippen LogP contribution is -2.25. The standard InChI is InChI=1S/C30H32N2O5/c1-2-7-28(34)26-19-21(32-16-6-8-22(33)15-17-32)12-14-24(26)29(35)25-13-11-20(31)18-27(25)30(36)37-23-9-4-3-5-10-23/h3-5,9-14,18-19,22,33H,2,6-8,15-17,31H2,1H3. The van der Waals surface area contributed by atoms with Crippen molar-refractivity contribution >= 4 is 28.9 Å². The highest BCUT2D eigenvalue weighted by Gasteiger charge is 2.25. The Morgan fingerprint density at radius 3 is 2.41 bits per heavy atom. The molecule has 1 saturated heterocycles. The van der Waals surface area contributed by atoms with Gasteiger partial charge in [0.1, 0.15) is 5.75 Å². The molecular weight excluding hydrogens is 468 g/mol. The van der Waals surface area contributed by atoms with Gasteiger partial charge in [-0.25, -0.2) is 4.79 Å². The third-order valence-corrected chi connectivity index (χ3v) is 6.55. The van der Waals surface area contributed by atoms with Crippen molar-refractivity contribution in [2.45, 2.75) is 45.1 Å². The number of rotatable bonds is 8. The van der Waals surface area contributed by atoms with Crippen molar-refractivity contribution in [1.29, 1.82) is 0 Å². The van der Waals surface area contributed by atoms with Crippen molar-refractivity contribution in [2.24, 2.45) is 0 Å². The van der Waals surface area contributed by atoms with Crippen LogP contribution in [-0.4, -0.2) is 41.8 Å². The number of hydrogen-bond acceptors (Lipinski definition) is 7. The second kappa shape index (κ2) is 11.8. The summed E-state index contributed by atoms with van der Waals surface area (Å²) in [6, 6.07) is 18.3. The van der Waals surface area contributed by atoms with E-state index in [9.17, 15) is 19.5 Å². The molecule has 0 saturated carbocycles. The molecule has 0 aromatic heterocycles.